The third-order valence-corrected chi connectivity index (χ3v) is 7.03. The highest BCUT2D eigenvalue weighted by Gasteiger charge is 2.31. The summed E-state index contributed by atoms with van der Waals surface area (Å²) < 4.78 is 27.2. The second-order valence-corrected chi connectivity index (χ2v) is 8.90. The van der Waals surface area contributed by atoms with Gasteiger partial charge in [-0.3, -0.25) is 4.99 Å². The van der Waals surface area contributed by atoms with E-state index in [-0.39, 0.29) is 5.25 Å². The molecule has 0 spiro atoms. The van der Waals surface area contributed by atoms with E-state index in [4.69, 9.17) is 0 Å². The van der Waals surface area contributed by atoms with Crippen LogP contribution in [0.5, 0.6) is 0 Å². The van der Waals surface area contributed by atoms with Gasteiger partial charge in [-0.2, -0.15) is 0 Å². The number of thioether (sulfide) groups is 1. The number of sulfonamides is 1. The lowest BCUT2D eigenvalue weighted by molar-refractivity contribution is 0.540. The third-order valence-electron chi connectivity index (χ3n) is 3.92. The Hall–Kier alpha value is -1.79. The Morgan fingerprint density at radius 1 is 1.08 bits per heavy atom. The fraction of sp³-hybridized carbons (Fsp3) is 0.278. The van der Waals surface area contributed by atoms with E-state index in [1.807, 2.05) is 49.4 Å². The number of hydrogen-bond donors (Lipinski definition) is 0. The van der Waals surface area contributed by atoms with E-state index < -0.39 is 10.0 Å². The number of nitrogens with zero attached hydrogens (tertiary/aromatic N) is 2. The number of aliphatic imine (C=N–C) groups is 1. The molecule has 0 radical (unpaired) electrons. The van der Waals surface area contributed by atoms with Gasteiger partial charge < -0.3 is 0 Å². The minimum Gasteiger partial charge on any atom is -0.260 e. The van der Waals surface area contributed by atoms with E-state index in [0.717, 1.165) is 11.1 Å². The number of rotatable bonds is 4. The van der Waals surface area contributed by atoms with E-state index in [9.17, 15) is 8.42 Å². The molecule has 0 unspecified atom stereocenters. The Labute approximate surface area is 147 Å². The first kappa shape index (κ1) is 17.0. The van der Waals surface area contributed by atoms with Crippen LogP contribution in [0.4, 0.5) is 0 Å². The Morgan fingerprint density at radius 2 is 1.75 bits per heavy atom. The SMILES string of the molecule is Cc1ccc(S(=O)(=O)N2CCN=C2S[C@H](C)c2ccccc2)cc1. The minimum absolute atomic E-state index is 0.138. The predicted octanol–water partition coefficient (Wildman–Crippen LogP) is 3.85. The summed E-state index contributed by atoms with van der Waals surface area (Å²) in [6.07, 6.45) is 0. The molecular weight excluding hydrogens is 340 g/mol. The Balaban J connectivity index is 1.81. The van der Waals surface area contributed by atoms with E-state index >= 15 is 0 Å². The molecule has 1 atom stereocenters. The van der Waals surface area contributed by atoms with E-state index in [2.05, 4.69) is 11.9 Å². The van der Waals surface area contributed by atoms with Crippen LogP contribution in [0.15, 0.2) is 64.5 Å². The summed E-state index contributed by atoms with van der Waals surface area (Å²) in [6, 6.07) is 17.0. The van der Waals surface area contributed by atoms with Crippen LogP contribution >= 0.6 is 11.8 Å². The van der Waals surface area contributed by atoms with Gasteiger partial charge in [-0.05, 0) is 31.5 Å². The van der Waals surface area contributed by atoms with Gasteiger partial charge in [0.25, 0.3) is 10.0 Å². The molecule has 24 heavy (non-hydrogen) atoms. The molecular formula is C18H20N2O2S2. The summed E-state index contributed by atoms with van der Waals surface area (Å²) in [5.74, 6) is 0. The molecule has 2 aromatic rings. The molecule has 0 aromatic heterocycles. The van der Waals surface area contributed by atoms with Crippen LogP contribution in [0.1, 0.15) is 23.3 Å². The molecule has 2 aromatic carbocycles. The van der Waals surface area contributed by atoms with Crippen molar-refractivity contribution in [3.63, 3.8) is 0 Å². The largest absolute Gasteiger partial charge is 0.265 e. The van der Waals surface area contributed by atoms with Crippen molar-refractivity contribution in [1.29, 1.82) is 0 Å². The zero-order valence-corrected chi connectivity index (χ0v) is 15.3. The molecule has 4 nitrogen and oxygen atoms in total. The second-order valence-electron chi connectivity index (χ2n) is 5.73. The van der Waals surface area contributed by atoms with Gasteiger partial charge in [-0.15, -0.1) is 0 Å². The second kappa shape index (κ2) is 6.99. The molecule has 0 bridgehead atoms. The van der Waals surface area contributed by atoms with Gasteiger partial charge in [0.1, 0.15) is 0 Å². The summed E-state index contributed by atoms with van der Waals surface area (Å²) in [6.45, 7) is 4.92. The molecule has 0 amide bonds. The first-order valence-electron chi connectivity index (χ1n) is 7.84. The van der Waals surface area contributed by atoms with Gasteiger partial charge in [0.2, 0.25) is 0 Å². The Bertz CT molecular complexity index is 831. The normalized spacial score (nSPS) is 16.1. The van der Waals surface area contributed by atoms with Crippen LogP contribution in [-0.4, -0.2) is 31.0 Å². The standard InChI is InChI=1S/C18H20N2O2S2/c1-14-8-10-17(11-9-14)24(21,22)20-13-12-19-18(20)23-15(2)16-6-4-3-5-7-16/h3-11,15H,12-13H2,1-2H3/t15-/m1/s1. The quantitative estimate of drug-likeness (QED) is 0.832. The summed E-state index contributed by atoms with van der Waals surface area (Å²) in [7, 11) is -3.55. The maximum Gasteiger partial charge on any atom is 0.265 e. The van der Waals surface area contributed by atoms with Crippen LogP contribution in [0.25, 0.3) is 0 Å². The highest BCUT2D eigenvalue weighted by Crippen LogP contribution is 2.33. The number of amidine groups is 1. The van der Waals surface area contributed by atoms with E-state index in [0.29, 0.717) is 23.2 Å². The molecule has 1 heterocycles. The molecule has 1 aliphatic rings. The molecule has 0 fully saturated rings. The first-order valence-corrected chi connectivity index (χ1v) is 10.2. The van der Waals surface area contributed by atoms with Gasteiger partial charge in [0.15, 0.2) is 5.17 Å². The van der Waals surface area contributed by atoms with Crippen molar-refractivity contribution in [2.45, 2.75) is 24.0 Å². The van der Waals surface area contributed by atoms with Crippen LogP contribution in [-0.2, 0) is 10.0 Å². The van der Waals surface area contributed by atoms with Gasteiger partial charge in [0.05, 0.1) is 18.0 Å². The van der Waals surface area contributed by atoms with Crippen molar-refractivity contribution >= 4 is 27.0 Å². The first-order chi connectivity index (χ1) is 11.5. The van der Waals surface area contributed by atoms with Gasteiger partial charge in [-0.1, -0.05) is 59.8 Å². The number of hydrogen-bond acceptors (Lipinski definition) is 4. The number of benzene rings is 2. The van der Waals surface area contributed by atoms with Crippen LogP contribution < -0.4 is 0 Å². The average Bonchev–Trinajstić information content (AvgIpc) is 3.05. The zero-order chi connectivity index (χ0) is 17.2. The monoisotopic (exact) mass is 360 g/mol. The van der Waals surface area contributed by atoms with E-state index in [1.54, 1.807) is 12.1 Å². The van der Waals surface area contributed by atoms with Crippen LogP contribution in [0.3, 0.4) is 0 Å². The average molecular weight is 361 g/mol. The number of aryl methyl sites for hydroxylation is 1. The fourth-order valence-electron chi connectivity index (χ4n) is 2.52. The van der Waals surface area contributed by atoms with Gasteiger partial charge in [0, 0.05) is 5.25 Å². The lowest BCUT2D eigenvalue weighted by Crippen LogP contribution is -2.33. The molecule has 0 saturated heterocycles. The van der Waals surface area contributed by atoms with Gasteiger partial charge >= 0.3 is 0 Å². The molecule has 0 saturated carbocycles. The lowest BCUT2D eigenvalue weighted by atomic mass is 10.2. The molecule has 0 aliphatic carbocycles. The van der Waals surface area contributed by atoms with Crippen molar-refractivity contribution in [3.8, 4) is 0 Å². The highest BCUT2D eigenvalue weighted by molar-refractivity contribution is 8.15. The van der Waals surface area contributed by atoms with Gasteiger partial charge in [-0.25, -0.2) is 12.7 Å². The Kier molecular flexibility index (Phi) is 4.96. The summed E-state index contributed by atoms with van der Waals surface area (Å²) >= 11 is 1.49. The van der Waals surface area contributed by atoms with E-state index in [1.165, 1.54) is 16.1 Å². The highest BCUT2D eigenvalue weighted by atomic mass is 32.2. The summed E-state index contributed by atoms with van der Waals surface area (Å²) in [4.78, 5) is 4.73. The summed E-state index contributed by atoms with van der Waals surface area (Å²) in [5, 5.41) is 0.714. The molecule has 126 valence electrons. The topological polar surface area (TPSA) is 49.7 Å². The van der Waals surface area contributed by atoms with Crippen molar-refractivity contribution in [2.75, 3.05) is 13.1 Å². The van der Waals surface area contributed by atoms with Crippen LogP contribution in [0, 0.1) is 6.92 Å². The van der Waals surface area contributed by atoms with Crippen molar-refractivity contribution < 1.29 is 8.42 Å². The van der Waals surface area contributed by atoms with Crippen molar-refractivity contribution in [2.24, 2.45) is 4.99 Å². The van der Waals surface area contributed by atoms with Crippen LogP contribution in [0.2, 0.25) is 0 Å². The summed E-state index contributed by atoms with van der Waals surface area (Å²) in [5.41, 5.74) is 2.20. The maximum atomic E-state index is 12.9. The molecule has 1 aliphatic heterocycles. The van der Waals surface area contributed by atoms with Crippen molar-refractivity contribution in [1.82, 2.24) is 4.31 Å². The van der Waals surface area contributed by atoms with Crippen molar-refractivity contribution in [3.05, 3.63) is 65.7 Å². The fourth-order valence-corrected chi connectivity index (χ4v) is 5.25. The zero-order valence-electron chi connectivity index (χ0n) is 13.7. The predicted molar refractivity (Wildman–Crippen MR) is 99.8 cm³/mol. The molecule has 6 heteroatoms. The smallest absolute Gasteiger partial charge is 0.260 e. The molecule has 3 rings (SSSR count). The molecule has 0 N–H and O–H groups in total. The lowest BCUT2D eigenvalue weighted by Gasteiger charge is -2.22. The third kappa shape index (κ3) is 3.49. The minimum atomic E-state index is -3.55. The maximum absolute atomic E-state index is 12.9. The Morgan fingerprint density at radius 3 is 2.42 bits per heavy atom.